The Kier molecular flexibility index (Phi) is 9.48. The highest BCUT2D eigenvalue weighted by Crippen LogP contribution is 2.19. The smallest absolute Gasteiger partial charge is 0.242 e. The fraction of sp³-hybridized carbons (Fsp3) is 0.364. The highest BCUT2D eigenvalue weighted by molar-refractivity contribution is 7.99. The number of rotatable bonds is 10. The number of halogens is 2. The van der Waals surface area contributed by atoms with Crippen LogP contribution in [0.3, 0.4) is 0 Å². The van der Waals surface area contributed by atoms with Crippen LogP contribution in [0.15, 0.2) is 48.5 Å². The Morgan fingerprint density at radius 3 is 2.66 bits per heavy atom. The first-order chi connectivity index (χ1) is 13.9. The molecule has 0 aliphatic rings. The molecule has 156 valence electrons. The predicted octanol–water partition coefficient (Wildman–Crippen LogP) is 4.66. The molecule has 0 radical (unpaired) electrons. The maximum absolute atomic E-state index is 14.1. The van der Waals surface area contributed by atoms with Gasteiger partial charge in [-0.15, -0.1) is 11.8 Å². The van der Waals surface area contributed by atoms with Gasteiger partial charge in [0, 0.05) is 29.4 Å². The normalized spacial score (nSPS) is 11.7. The third-order valence-corrected chi connectivity index (χ3v) is 5.62. The Morgan fingerprint density at radius 1 is 1.21 bits per heavy atom. The molecule has 0 aromatic heterocycles. The van der Waals surface area contributed by atoms with Crippen LogP contribution in [0.5, 0.6) is 0 Å². The molecule has 1 atom stereocenters. The molecule has 2 aromatic carbocycles. The average molecular weight is 437 g/mol. The molecule has 29 heavy (non-hydrogen) atoms. The van der Waals surface area contributed by atoms with Crippen molar-refractivity contribution < 1.29 is 14.0 Å². The summed E-state index contributed by atoms with van der Waals surface area (Å²) in [7, 11) is 0. The number of nitrogens with zero attached hydrogens (tertiary/aromatic N) is 1. The van der Waals surface area contributed by atoms with E-state index in [1.807, 2.05) is 25.1 Å². The molecule has 2 amide bonds. The quantitative estimate of drug-likeness (QED) is 0.589. The van der Waals surface area contributed by atoms with Crippen LogP contribution >= 0.6 is 23.4 Å². The van der Waals surface area contributed by atoms with Crippen molar-refractivity contribution in [3.63, 3.8) is 0 Å². The minimum Gasteiger partial charge on any atom is -0.354 e. The second-order valence-corrected chi connectivity index (χ2v) is 8.12. The second-order valence-electron chi connectivity index (χ2n) is 6.70. The van der Waals surface area contributed by atoms with Gasteiger partial charge in [-0.25, -0.2) is 4.39 Å². The Balaban J connectivity index is 2.07. The Labute approximate surface area is 180 Å². The predicted molar refractivity (Wildman–Crippen MR) is 117 cm³/mol. The van der Waals surface area contributed by atoms with Gasteiger partial charge in [0.15, 0.2) is 0 Å². The maximum atomic E-state index is 14.1. The minimum absolute atomic E-state index is 0.0456. The van der Waals surface area contributed by atoms with Crippen molar-refractivity contribution in [2.45, 2.75) is 38.6 Å². The lowest BCUT2D eigenvalue weighted by molar-refractivity contribution is -0.138. The van der Waals surface area contributed by atoms with Crippen molar-refractivity contribution in [3.8, 4) is 0 Å². The van der Waals surface area contributed by atoms with E-state index in [-0.39, 0.29) is 24.1 Å². The van der Waals surface area contributed by atoms with E-state index in [4.69, 9.17) is 11.6 Å². The summed E-state index contributed by atoms with van der Waals surface area (Å²) in [5.41, 5.74) is 1.40. The molecule has 0 fully saturated rings. The van der Waals surface area contributed by atoms with Crippen molar-refractivity contribution >= 4 is 35.2 Å². The Bertz CT molecular complexity index is 834. The third-order valence-electron chi connectivity index (χ3n) is 4.40. The zero-order chi connectivity index (χ0) is 21.2. The van der Waals surface area contributed by atoms with Gasteiger partial charge in [0.1, 0.15) is 11.9 Å². The molecule has 1 N–H and O–H groups in total. The van der Waals surface area contributed by atoms with E-state index in [0.29, 0.717) is 22.9 Å². The first kappa shape index (κ1) is 23.2. The van der Waals surface area contributed by atoms with Crippen LogP contribution < -0.4 is 5.32 Å². The van der Waals surface area contributed by atoms with Gasteiger partial charge in [0.2, 0.25) is 11.8 Å². The van der Waals surface area contributed by atoms with Crippen molar-refractivity contribution in [1.29, 1.82) is 0 Å². The van der Waals surface area contributed by atoms with Crippen LogP contribution in [-0.4, -0.2) is 35.1 Å². The van der Waals surface area contributed by atoms with Crippen LogP contribution in [0.25, 0.3) is 0 Å². The lowest BCUT2D eigenvalue weighted by atomic mass is 10.1. The van der Waals surface area contributed by atoms with Gasteiger partial charge in [-0.2, -0.15) is 0 Å². The summed E-state index contributed by atoms with van der Waals surface area (Å²) in [6, 6.07) is 13.1. The molecule has 1 unspecified atom stereocenters. The fourth-order valence-corrected chi connectivity index (χ4v) is 3.83. The van der Waals surface area contributed by atoms with E-state index in [0.717, 1.165) is 12.0 Å². The number of hydrogen-bond donors (Lipinski definition) is 1. The topological polar surface area (TPSA) is 49.4 Å². The summed E-state index contributed by atoms with van der Waals surface area (Å²) < 4.78 is 14.1. The standard InChI is InChI=1S/C22H26ClFN2O2S/c1-3-11-25-22(28)16(2)26(13-18-8-4-5-10-20(18)24)21(27)15-29-14-17-7-6-9-19(23)12-17/h4-10,12,16H,3,11,13-15H2,1-2H3,(H,25,28). The molecule has 0 bridgehead atoms. The number of carbonyl (C=O) groups is 2. The minimum atomic E-state index is -0.694. The molecule has 0 heterocycles. The largest absolute Gasteiger partial charge is 0.354 e. The zero-order valence-electron chi connectivity index (χ0n) is 16.7. The Hall–Kier alpha value is -2.05. The Morgan fingerprint density at radius 2 is 1.97 bits per heavy atom. The second kappa shape index (κ2) is 11.8. The van der Waals surface area contributed by atoms with E-state index in [1.54, 1.807) is 31.2 Å². The molecule has 2 rings (SSSR count). The number of amides is 2. The van der Waals surface area contributed by atoms with Crippen molar-refractivity contribution in [2.24, 2.45) is 0 Å². The summed E-state index contributed by atoms with van der Waals surface area (Å²) in [5.74, 6) is -0.0309. The van der Waals surface area contributed by atoms with Crippen molar-refractivity contribution in [3.05, 3.63) is 70.5 Å². The number of carbonyl (C=O) groups excluding carboxylic acids is 2. The van der Waals surface area contributed by atoms with Crippen LogP contribution in [0.4, 0.5) is 4.39 Å². The van der Waals surface area contributed by atoms with Gasteiger partial charge >= 0.3 is 0 Å². The summed E-state index contributed by atoms with van der Waals surface area (Å²) >= 11 is 7.43. The van der Waals surface area contributed by atoms with E-state index in [9.17, 15) is 14.0 Å². The maximum Gasteiger partial charge on any atom is 0.242 e. The molecular formula is C22H26ClFN2O2S. The molecule has 2 aromatic rings. The van der Waals surface area contributed by atoms with E-state index in [2.05, 4.69) is 5.32 Å². The SMILES string of the molecule is CCCNC(=O)C(C)N(Cc1ccccc1F)C(=O)CSCc1cccc(Cl)c1. The van der Waals surface area contributed by atoms with Gasteiger partial charge in [-0.3, -0.25) is 9.59 Å². The van der Waals surface area contributed by atoms with E-state index in [1.165, 1.54) is 22.7 Å². The van der Waals surface area contributed by atoms with Gasteiger partial charge < -0.3 is 10.2 Å². The number of benzene rings is 2. The van der Waals surface area contributed by atoms with E-state index < -0.39 is 11.9 Å². The van der Waals surface area contributed by atoms with Crippen molar-refractivity contribution in [2.75, 3.05) is 12.3 Å². The molecule has 7 heteroatoms. The summed E-state index contributed by atoms with van der Waals surface area (Å²) in [4.78, 5) is 26.8. The molecular weight excluding hydrogens is 411 g/mol. The summed E-state index contributed by atoms with van der Waals surface area (Å²) in [6.07, 6.45) is 0.801. The monoisotopic (exact) mass is 436 g/mol. The third kappa shape index (κ3) is 7.37. The van der Waals surface area contributed by atoms with Crippen LogP contribution in [0, 0.1) is 5.82 Å². The number of thioether (sulfide) groups is 1. The van der Waals surface area contributed by atoms with E-state index >= 15 is 0 Å². The number of nitrogens with one attached hydrogen (secondary N) is 1. The van der Waals surface area contributed by atoms with Crippen LogP contribution in [0.2, 0.25) is 5.02 Å². The molecule has 0 saturated heterocycles. The molecule has 0 aliphatic carbocycles. The summed E-state index contributed by atoms with van der Waals surface area (Å²) in [6.45, 7) is 4.21. The molecule has 4 nitrogen and oxygen atoms in total. The lowest BCUT2D eigenvalue weighted by Crippen LogP contribution is -2.48. The highest BCUT2D eigenvalue weighted by Gasteiger charge is 2.26. The van der Waals surface area contributed by atoms with Gasteiger partial charge in [0.05, 0.1) is 5.75 Å². The fourth-order valence-electron chi connectivity index (χ4n) is 2.75. The highest BCUT2D eigenvalue weighted by atomic mass is 35.5. The van der Waals surface area contributed by atoms with Gasteiger partial charge in [-0.1, -0.05) is 48.9 Å². The summed E-state index contributed by atoms with van der Waals surface area (Å²) in [5, 5.41) is 3.46. The first-order valence-electron chi connectivity index (χ1n) is 9.55. The average Bonchev–Trinajstić information content (AvgIpc) is 2.71. The van der Waals surface area contributed by atoms with Crippen molar-refractivity contribution in [1.82, 2.24) is 10.2 Å². The van der Waals surface area contributed by atoms with Crippen LogP contribution in [-0.2, 0) is 21.9 Å². The first-order valence-corrected chi connectivity index (χ1v) is 11.1. The lowest BCUT2D eigenvalue weighted by Gasteiger charge is -2.29. The van der Waals surface area contributed by atoms with Crippen LogP contribution in [0.1, 0.15) is 31.4 Å². The zero-order valence-corrected chi connectivity index (χ0v) is 18.2. The molecule has 0 spiro atoms. The molecule has 0 aliphatic heterocycles. The molecule has 0 saturated carbocycles. The number of hydrogen-bond acceptors (Lipinski definition) is 3. The van der Waals surface area contributed by atoms with Gasteiger partial charge in [-0.05, 0) is 37.1 Å². The van der Waals surface area contributed by atoms with Gasteiger partial charge in [0.25, 0.3) is 0 Å².